The average Bonchev–Trinajstić information content (AvgIpc) is 3.10. The van der Waals surface area contributed by atoms with E-state index in [9.17, 15) is 9.59 Å². The largest absolute Gasteiger partial charge is 0.336 e. The lowest BCUT2D eigenvalue weighted by atomic mass is 10.2. The number of imide groups is 1. The Hall–Kier alpha value is -1.99. The highest BCUT2D eigenvalue weighted by molar-refractivity contribution is 7.18. The maximum atomic E-state index is 12.4. The molecule has 1 saturated heterocycles. The summed E-state index contributed by atoms with van der Waals surface area (Å²) in [5.74, 6) is -0.131. The summed E-state index contributed by atoms with van der Waals surface area (Å²) < 4.78 is 1.16. The third-order valence-electron chi connectivity index (χ3n) is 4.00. The van der Waals surface area contributed by atoms with Gasteiger partial charge in [0.2, 0.25) is 0 Å². The van der Waals surface area contributed by atoms with Crippen LogP contribution in [0, 0.1) is 0 Å². The number of nitrogens with one attached hydrogen (secondary N) is 2. The van der Waals surface area contributed by atoms with E-state index in [2.05, 4.69) is 16.4 Å². The van der Waals surface area contributed by atoms with E-state index in [1.807, 2.05) is 32.2 Å². The van der Waals surface area contributed by atoms with Crippen molar-refractivity contribution >= 4 is 33.5 Å². The van der Waals surface area contributed by atoms with Gasteiger partial charge in [-0.3, -0.25) is 9.69 Å². The summed E-state index contributed by atoms with van der Waals surface area (Å²) in [5.41, 5.74) is 0.994. The van der Waals surface area contributed by atoms with E-state index >= 15 is 0 Å². The fourth-order valence-corrected chi connectivity index (χ4v) is 3.58. The number of urea groups is 1. The lowest BCUT2D eigenvalue weighted by Crippen LogP contribution is -3.12. The summed E-state index contributed by atoms with van der Waals surface area (Å²) in [6, 6.07) is 7.45. The molecule has 2 N–H and O–H groups in total. The van der Waals surface area contributed by atoms with E-state index in [1.54, 1.807) is 11.3 Å². The van der Waals surface area contributed by atoms with Crippen molar-refractivity contribution < 1.29 is 14.5 Å². The fourth-order valence-electron chi connectivity index (χ4n) is 2.51. The van der Waals surface area contributed by atoms with Gasteiger partial charge in [0.1, 0.15) is 11.6 Å². The number of carbonyl (C=O) groups excluding carboxylic acids is 2. The van der Waals surface area contributed by atoms with Crippen molar-refractivity contribution in [2.75, 3.05) is 20.1 Å². The Bertz CT molecular complexity index is 681. The number of aromatic nitrogens is 1. The third kappa shape index (κ3) is 2.82. The SMILES string of the molecule is C[C@@H](C(=O)N1CCNC1=O)[NH+](C)Cc1nc2ccccc2s1. The molecule has 6 nitrogen and oxygen atoms in total. The topological polar surface area (TPSA) is 66.7 Å². The summed E-state index contributed by atoms with van der Waals surface area (Å²) in [7, 11) is 1.96. The Kier molecular flexibility index (Phi) is 4.08. The van der Waals surface area contributed by atoms with Crippen LogP contribution in [0.4, 0.5) is 4.79 Å². The van der Waals surface area contributed by atoms with Gasteiger partial charge >= 0.3 is 6.03 Å². The van der Waals surface area contributed by atoms with E-state index in [4.69, 9.17) is 0 Å². The highest BCUT2D eigenvalue weighted by atomic mass is 32.1. The number of fused-ring (bicyclic) bond motifs is 1. The van der Waals surface area contributed by atoms with Gasteiger partial charge in [0.25, 0.3) is 5.91 Å². The molecule has 2 heterocycles. The minimum Gasteiger partial charge on any atom is -0.336 e. The molecule has 0 radical (unpaired) electrons. The first-order valence-electron chi connectivity index (χ1n) is 7.32. The monoisotopic (exact) mass is 319 g/mol. The van der Waals surface area contributed by atoms with E-state index < -0.39 is 0 Å². The van der Waals surface area contributed by atoms with Crippen LogP contribution in [-0.2, 0) is 11.3 Å². The number of thiazole rings is 1. The van der Waals surface area contributed by atoms with Crippen molar-refractivity contribution in [3.05, 3.63) is 29.3 Å². The number of benzene rings is 1. The summed E-state index contributed by atoms with van der Waals surface area (Å²) in [4.78, 5) is 30.9. The van der Waals surface area contributed by atoms with Crippen molar-refractivity contribution in [1.29, 1.82) is 0 Å². The number of para-hydroxylation sites is 1. The second kappa shape index (κ2) is 6.02. The van der Waals surface area contributed by atoms with Gasteiger partial charge in [-0.2, -0.15) is 0 Å². The first kappa shape index (κ1) is 14.9. The van der Waals surface area contributed by atoms with Gasteiger partial charge in [0.15, 0.2) is 6.04 Å². The summed E-state index contributed by atoms with van der Waals surface area (Å²) >= 11 is 1.65. The molecule has 1 aromatic heterocycles. The van der Waals surface area contributed by atoms with Gasteiger partial charge in [-0.15, -0.1) is 11.3 Å². The first-order chi connectivity index (χ1) is 10.6. The molecule has 1 fully saturated rings. The molecule has 1 aromatic carbocycles. The molecule has 0 aliphatic carbocycles. The molecule has 1 aliphatic heterocycles. The second-order valence-electron chi connectivity index (χ2n) is 5.54. The molecule has 3 amide bonds. The number of hydrogen-bond acceptors (Lipinski definition) is 4. The molecule has 2 aromatic rings. The number of nitrogens with zero attached hydrogens (tertiary/aromatic N) is 2. The Morgan fingerprint density at radius 3 is 2.95 bits per heavy atom. The maximum absolute atomic E-state index is 12.4. The van der Waals surface area contributed by atoms with Crippen molar-refractivity contribution in [1.82, 2.24) is 15.2 Å². The second-order valence-corrected chi connectivity index (χ2v) is 6.66. The van der Waals surface area contributed by atoms with Gasteiger partial charge in [-0.25, -0.2) is 9.78 Å². The van der Waals surface area contributed by atoms with E-state index in [-0.39, 0.29) is 18.0 Å². The Morgan fingerprint density at radius 2 is 2.27 bits per heavy atom. The molecule has 116 valence electrons. The standard InChI is InChI=1S/C15H18N4O2S/c1-10(14(20)19-8-7-16-15(19)21)18(2)9-13-17-11-5-3-4-6-12(11)22-13/h3-6,10H,7-9H2,1-2H3,(H,16,21)/p+1/t10-/m0/s1. The predicted octanol–water partition coefficient (Wildman–Crippen LogP) is 0.251. The van der Waals surface area contributed by atoms with Crippen LogP contribution in [0.1, 0.15) is 11.9 Å². The molecule has 22 heavy (non-hydrogen) atoms. The Labute approximate surface area is 132 Å². The van der Waals surface area contributed by atoms with Crippen LogP contribution in [0.2, 0.25) is 0 Å². The zero-order valence-electron chi connectivity index (χ0n) is 12.6. The van der Waals surface area contributed by atoms with Crippen LogP contribution in [0.5, 0.6) is 0 Å². The number of rotatable bonds is 4. The molecule has 0 saturated carbocycles. The van der Waals surface area contributed by atoms with E-state index in [0.717, 1.165) is 20.1 Å². The van der Waals surface area contributed by atoms with Gasteiger partial charge in [0.05, 0.1) is 17.3 Å². The smallest absolute Gasteiger partial charge is 0.324 e. The van der Waals surface area contributed by atoms with Crippen molar-refractivity contribution in [2.24, 2.45) is 0 Å². The minimum absolute atomic E-state index is 0.131. The highest BCUT2D eigenvalue weighted by Gasteiger charge is 2.33. The summed E-state index contributed by atoms with van der Waals surface area (Å²) in [6.45, 7) is 3.52. The molecule has 0 spiro atoms. The molecule has 1 unspecified atom stereocenters. The van der Waals surface area contributed by atoms with Gasteiger partial charge in [-0.1, -0.05) is 12.1 Å². The average molecular weight is 319 g/mol. The molecule has 0 bridgehead atoms. The summed E-state index contributed by atoms with van der Waals surface area (Å²) in [5, 5.41) is 3.66. The van der Waals surface area contributed by atoms with E-state index in [0.29, 0.717) is 19.6 Å². The molecular formula is C15H19N4O2S+. The molecule has 1 aliphatic rings. The van der Waals surface area contributed by atoms with Crippen LogP contribution >= 0.6 is 11.3 Å². The van der Waals surface area contributed by atoms with Crippen LogP contribution in [0.3, 0.4) is 0 Å². The number of hydrogen-bond donors (Lipinski definition) is 2. The lowest BCUT2D eigenvalue weighted by Gasteiger charge is -2.23. The number of carbonyl (C=O) groups is 2. The van der Waals surface area contributed by atoms with Gasteiger partial charge < -0.3 is 10.2 Å². The normalized spacial score (nSPS) is 17.5. The van der Waals surface area contributed by atoms with Crippen LogP contribution in [-0.4, -0.2) is 48.0 Å². The molecular weight excluding hydrogens is 300 g/mol. The van der Waals surface area contributed by atoms with Gasteiger partial charge in [0, 0.05) is 13.1 Å². The number of amides is 3. The zero-order valence-corrected chi connectivity index (χ0v) is 13.4. The summed E-state index contributed by atoms with van der Waals surface area (Å²) in [6.07, 6.45) is 0. The maximum Gasteiger partial charge on any atom is 0.324 e. The van der Waals surface area contributed by atoms with Crippen molar-refractivity contribution in [2.45, 2.75) is 19.5 Å². The van der Waals surface area contributed by atoms with Crippen LogP contribution in [0.15, 0.2) is 24.3 Å². The van der Waals surface area contributed by atoms with Crippen molar-refractivity contribution in [3.8, 4) is 0 Å². The van der Waals surface area contributed by atoms with Crippen LogP contribution in [0.25, 0.3) is 10.2 Å². The van der Waals surface area contributed by atoms with Crippen LogP contribution < -0.4 is 10.2 Å². The Balaban J connectivity index is 1.69. The number of likely N-dealkylation sites (N-methyl/N-ethyl adjacent to an activating group) is 1. The van der Waals surface area contributed by atoms with E-state index in [1.165, 1.54) is 4.90 Å². The first-order valence-corrected chi connectivity index (χ1v) is 8.14. The zero-order chi connectivity index (χ0) is 15.7. The lowest BCUT2D eigenvalue weighted by molar-refractivity contribution is -0.908. The van der Waals surface area contributed by atoms with Crippen molar-refractivity contribution in [3.63, 3.8) is 0 Å². The highest BCUT2D eigenvalue weighted by Crippen LogP contribution is 2.20. The van der Waals surface area contributed by atoms with Gasteiger partial charge in [-0.05, 0) is 19.1 Å². The molecule has 2 atom stereocenters. The third-order valence-corrected chi connectivity index (χ3v) is 5.04. The Morgan fingerprint density at radius 1 is 1.50 bits per heavy atom. The fraction of sp³-hybridized carbons (Fsp3) is 0.400. The quantitative estimate of drug-likeness (QED) is 0.849. The molecule has 7 heteroatoms. The number of quaternary nitrogens is 1. The molecule has 3 rings (SSSR count). The predicted molar refractivity (Wildman–Crippen MR) is 84.8 cm³/mol. The minimum atomic E-state index is -0.287.